The molecule has 6 N–H and O–H groups in total. The molecule has 0 spiro atoms. The number of aromatic amines is 1. The summed E-state index contributed by atoms with van der Waals surface area (Å²) in [6.45, 7) is 2.45. The number of aliphatic carboxylic acids is 1. The van der Waals surface area contributed by atoms with Gasteiger partial charge in [0.2, 0.25) is 23.4 Å². The largest absolute Gasteiger partial charge is 0.503 e. The van der Waals surface area contributed by atoms with Crippen LogP contribution in [0.25, 0.3) is 0 Å². The summed E-state index contributed by atoms with van der Waals surface area (Å²) in [7, 11) is 0. The highest BCUT2D eigenvalue weighted by atomic mass is 32.2. The minimum absolute atomic E-state index is 0.120. The number of hydrogen-bond acceptors (Lipinski definition) is 10. The fourth-order valence-electron chi connectivity index (χ4n) is 5.69. The molecule has 46 heavy (non-hydrogen) atoms. The monoisotopic (exact) mass is 655 g/mol. The smallest absolute Gasteiger partial charge is 0.352 e. The Hall–Kier alpha value is -5.39. The van der Waals surface area contributed by atoms with E-state index in [1.165, 1.54) is 26.0 Å². The van der Waals surface area contributed by atoms with Crippen molar-refractivity contribution in [2.75, 3.05) is 13.1 Å². The quantitative estimate of drug-likeness (QED) is 0.102. The van der Waals surface area contributed by atoms with Crippen molar-refractivity contribution < 1.29 is 43.8 Å². The summed E-state index contributed by atoms with van der Waals surface area (Å²) < 4.78 is -1.32. The number of carbonyl (C=O) groups excluding carboxylic acids is 6. The minimum Gasteiger partial charge on any atom is -0.503 e. The van der Waals surface area contributed by atoms with Crippen molar-refractivity contribution in [2.45, 2.75) is 48.3 Å². The van der Waals surface area contributed by atoms with Crippen molar-refractivity contribution in [2.24, 2.45) is 0 Å². The molecule has 3 saturated heterocycles. The van der Waals surface area contributed by atoms with Crippen LogP contribution in [0, 0.1) is 0 Å². The zero-order chi connectivity index (χ0) is 33.6. The number of nitrogens with zero attached hydrogens (tertiary/aromatic N) is 3. The predicted octanol–water partition coefficient (Wildman–Crippen LogP) is -1.59. The summed E-state index contributed by atoms with van der Waals surface area (Å²) in [5.41, 5.74) is -2.54. The van der Waals surface area contributed by atoms with Gasteiger partial charge in [0.05, 0.1) is 11.3 Å². The molecule has 17 nitrogen and oxygen atoms in total. The fourth-order valence-corrected chi connectivity index (χ4v) is 7.40. The highest BCUT2D eigenvalue weighted by Crippen LogP contribution is 2.55. The lowest BCUT2D eigenvalue weighted by molar-refractivity contribution is -0.176. The molecule has 5 rings (SSSR count). The zero-order valence-electron chi connectivity index (χ0n) is 24.4. The number of benzene rings is 1. The van der Waals surface area contributed by atoms with Crippen LogP contribution in [0.3, 0.4) is 0 Å². The van der Waals surface area contributed by atoms with Crippen LogP contribution in [-0.4, -0.2) is 107 Å². The van der Waals surface area contributed by atoms with Crippen LogP contribution in [0.1, 0.15) is 31.1 Å². The number of rotatable bonds is 9. The summed E-state index contributed by atoms with van der Waals surface area (Å²) in [6.07, 6.45) is 1.37. The van der Waals surface area contributed by atoms with Gasteiger partial charge in [-0.15, -0.1) is 11.8 Å². The molecule has 1 unspecified atom stereocenters. The molecule has 0 aliphatic carbocycles. The Bertz CT molecular complexity index is 1700. The molecule has 3 fully saturated rings. The molecule has 4 heterocycles. The Labute approximate surface area is 264 Å². The SMILES string of the molecule is CC1(C)S[C@@H]2[C@@H](NC=O)C(=O)N2[C@@]1(NC(=O)C(NC(=O)N1CCN(Cc2cc(=O)c(O)c[nH]2)C(=O)C1=O)c1ccccc1)C(=O)O. The normalized spacial score (nSPS) is 24.0. The van der Waals surface area contributed by atoms with Crippen molar-refractivity contribution in [3.8, 4) is 5.75 Å². The summed E-state index contributed by atoms with van der Waals surface area (Å²) in [4.78, 5) is 107. The van der Waals surface area contributed by atoms with Crippen LogP contribution in [0.4, 0.5) is 4.79 Å². The standard InChI is InChI=1S/C28H29N7O10S/c1-27(2)28(25(43)44,35-21(40)19(30-13-36)24(35)46-27)32-20(39)18(14-6-4-3-5-7-14)31-26(45)34-9-8-33(22(41)23(34)42)12-15-10-16(37)17(38)11-29-15/h3-7,10-11,13,18-19,24,38H,8-9,12H2,1-2H3,(H,29,37)(H,30,36)(H,31,45)(H,32,39)(H,43,44)/t18?,19-,24+,28-/m0/s1. The molecule has 242 valence electrons. The average molecular weight is 656 g/mol. The van der Waals surface area contributed by atoms with E-state index in [-0.39, 0.29) is 30.9 Å². The molecular formula is C28H29N7O10S. The number of amides is 7. The summed E-state index contributed by atoms with van der Waals surface area (Å²) in [6, 6.07) is 5.12. The van der Waals surface area contributed by atoms with E-state index in [9.17, 15) is 48.6 Å². The molecule has 0 bridgehead atoms. The molecule has 0 saturated carbocycles. The van der Waals surface area contributed by atoms with Gasteiger partial charge >= 0.3 is 23.8 Å². The first-order valence-electron chi connectivity index (χ1n) is 13.9. The molecule has 7 amide bonds. The van der Waals surface area contributed by atoms with E-state index in [2.05, 4.69) is 20.9 Å². The third-order valence-electron chi connectivity index (χ3n) is 8.08. The molecule has 4 atom stereocenters. The van der Waals surface area contributed by atoms with Crippen LogP contribution in [-0.2, 0) is 35.3 Å². The number of carboxylic acid groups (broad SMARTS) is 1. The van der Waals surface area contributed by atoms with Crippen molar-refractivity contribution in [1.29, 1.82) is 0 Å². The highest BCUT2D eigenvalue weighted by Gasteiger charge is 2.74. The number of fused-ring (bicyclic) bond motifs is 1. The molecule has 1 aromatic heterocycles. The third-order valence-corrected chi connectivity index (χ3v) is 9.69. The Morgan fingerprint density at radius 3 is 2.43 bits per heavy atom. The number of β-lactam (4-membered cyclic amide) rings is 1. The number of carboxylic acids is 1. The molecule has 2 aromatic rings. The van der Waals surface area contributed by atoms with E-state index >= 15 is 0 Å². The first kappa shape index (κ1) is 32.0. The average Bonchev–Trinajstić information content (AvgIpc) is 3.23. The van der Waals surface area contributed by atoms with E-state index in [1.807, 2.05) is 0 Å². The number of H-pyrrole nitrogens is 1. The summed E-state index contributed by atoms with van der Waals surface area (Å²) in [5.74, 6) is -6.10. The number of nitrogens with one attached hydrogen (secondary N) is 4. The maximum Gasteiger partial charge on any atom is 0.352 e. The molecule has 0 radical (unpaired) electrons. The molecule has 3 aliphatic heterocycles. The van der Waals surface area contributed by atoms with E-state index in [4.69, 9.17) is 0 Å². The van der Waals surface area contributed by atoms with E-state index in [0.29, 0.717) is 11.3 Å². The Kier molecular flexibility index (Phi) is 8.24. The van der Waals surface area contributed by atoms with Crippen LogP contribution >= 0.6 is 11.8 Å². The number of urea groups is 1. The Balaban J connectivity index is 1.37. The second-order valence-corrected chi connectivity index (χ2v) is 12.9. The zero-order valence-corrected chi connectivity index (χ0v) is 25.2. The van der Waals surface area contributed by atoms with Gasteiger partial charge < -0.3 is 36.0 Å². The second kappa shape index (κ2) is 11.8. The Morgan fingerprint density at radius 1 is 1.11 bits per heavy atom. The number of carbonyl (C=O) groups is 7. The van der Waals surface area contributed by atoms with E-state index in [1.54, 1.807) is 18.2 Å². The summed E-state index contributed by atoms with van der Waals surface area (Å²) in [5, 5.41) is 26.3. The van der Waals surface area contributed by atoms with Gasteiger partial charge in [0.15, 0.2) is 5.75 Å². The van der Waals surface area contributed by atoms with E-state index in [0.717, 1.165) is 33.8 Å². The number of piperazine rings is 1. The first-order valence-corrected chi connectivity index (χ1v) is 14.7. The van der Waals surface area contributed by atoms with Gasteiger partial charge in [0.25, 0.3) is 5.91 Å². The van der Waals surface area contributed by atoms with Gasteiger partial charge in [0.1, 0.15) is 17.5 Å². The van der Waals surface area contributed by atoms with Gasteiger partial charge in [-0.05, 0) is 19.4 Å². The third kappa shape index (κ3) is 5.19. The number of hydrogen-bond donors (Lipinski definition) is 6. The van der Waals surface area contributed by atoms with Crippen LogP contribution < -0.4 is 21.4 Å². The maximum atomic E-state index is 13.9. The predicted molar refractivity (Wildman–Crippen MR) is 157 cm³/mol. The van der Waals surface area contributed by atoms with Gasteiger partial charge in [0, 0.05) is 31.0 Å². The molecule has 3 aliphatic rings. The van der Waals surface area contributed by atoms with Crippen LogP contribution in [0.5, 0.6) is 5.75 Å². The molecule has 18 heteroatoms. The topological polar surface area (TPSA) is 239 Å². The van der Waals surface area contributed by atoms with Crippen LogP contribution in [0.15, 0.2) is 47.4 Å². The molecular weight excluding hydrogens is 626 g/mol. The maximum absolute atomic E-state index is 13.9. The summed E-state index contributed by atoms with van der Waals surface area (Å²) >= 11 is 1.07. The van der Waals surface area contributed by atoms with Crippen molar-refractivity contribution in [3.05, 3.63) is 64.1 Å². The van der Waals surface area contributed by atoms with E-state index < -0.39 is 74.7 Å². The first-order chi connectivity index (χ1) is 21.7. The van der Waals surface area contributed by atoms with Crippen molar-refractivity contribution in [1.82, 2.24) is 35.6 Å². The minimum atomic E-state index is -2.29. The van der Waals surface area contributed by atoms with Crippen LogP contribution in [0.2, 0.25) is 0 Å². The van der Waals surface area contributed by atoms with Gasteiger partial charge in [-0.2, -0.15) is 0 Å². The number of aromatic hydroxyl groups is 1. The second-order valence-electron chi connectivity index (χ2n) is 11.2. The lowest BCUT2D eigenvalue weighted by Crippen LogP contribution is -2.80. The number of aromatic nitrogens is 1. The highest BCUT2D eigenvalue weighted by molar-refractivity contribution is 8.01. The molecule has 1 aromatic carbocycles. The lowest BCUT2D eigenvalue weighted by Gasteiger charge is -2.49. The van der Waals surface area contributed by atoms with Gasteiger partial charge in [-0.25, -0.2) is 9.59 Å². The van der Waals surface area contributed by atoms with Gasteiger partial charge in [-0.3, -0.25) is 38.6 Å². The van der Waals surface area contributed by atoms with Crippen molar-refractivity contribution in [3.63, 3.8) is 0 Å². The number of pyridine rings is 1. The fraction of sp³-hybridized carbons (Fsp3) is 0.357. The number of imide groups is 1. The number of thioether (sulfide) groups is 1. The Morgan fingerprint density at radius 2 is 1.80 bits per heavy atom. The lowest BCUT2D eigenvalue weighted by atomic mass is 9.88. The van der Waals surface area contributed by atoms with Crippen molar-refractivity contribution >= 4 is 53.8 Å². The van der Waals surface area contributed by atoms with Gasteiger partial charge in [-0.1, -0.05) is 30.3 Å².